The van der Waals surface area contributed by atoms with Crippen molar-refractivity contribution in [3.8, 4) is 0 Å². The minimum atomic E-state index is -4.14. The summed E-state index contributed by atoms with van der Waals surface area (Å²) in [6.45, 7) is 1.10. The Morgan fingerprint density at radius 1 is 1.11 bits per heavy atom. The van der Waals surface area contributed by atoms with Gasteiger partial charge in [0.1, 0.15) is 6.54 Å². The number of hydrogen-bond acceptors (Lipinski definition) is 6. The second kappa shape index (κ2) is 8.88. The van der Waals surface area contributed by atoms with Gasteiger partial charge in [0.05, 0.1) is 34.9 Å². The number of nitrogens with zero attached hydrogens (tertiary/aromatic N) is 1. The molecule has 0 bridgehead atoms. The third-order valence-corrected chi connectivity index (χ3v) is 5.64. The number of ether oxygens (including phenoxy) is 2. The van der Waals surface area contributed by atoms with Gasteiger partial charge in [0, 0.05) is 0 Å². The predicted octanol–water partition coefficient (Wildman–Crippen LogP) is 2.89. The van der Waals surface area contributed by atoms with Crippen molar-refractivity contribution in [3.63, 3.8) is 0 Å². The number of hydrogen-bond donors (Lipinski definition) is 0. The lowest BCUT2D eigenvalue weighted by molar-refractivity contribution is -0.141. The van der Waals surface area contributed by atoms with Crippen LogP contribution in [-0.2, 0) is 24.3 Å². The summed E-state index contributed by atoms with van der Waals surface area (Å²) in [7, 11) is -2.94. The molecular formula is C18H18ClNO6S. The van der Waals surface area contributed by atoms with Crippen LogP contribution in [0, 0.1) is 0 Å². The molecule has 2 aromatic carbocycles. The lowest BCUT2D eigenvalue weighted by atomic mass is 10.2. The van der Waals surface area contributed by atoms with Crippen molar-refractivity contribution < 1.29 is 27.5 Å². The number of anilines is 1. The molecule has 0 spiro atoms. The highest BCUT2D eigenvalue weighted by Gasteiger charge is 2.29. The van der Waals surface area contributed by atoms with Crippen molar-refractivity contribution in [3.05, 3.63) is 59.1 Å². The molecule has 7 nitrogen and oxygen atoms in total. The topological polar surface area (TPSA) is 90.0 Å². The quantitative estimate of drug-likeness (QED) is 0.651. The SMILES string of the molecule is CCOC(=O)CN(c1cc(C(=O)OC)ccc1Cl)S(=O)(=O)c1ccccc1. The summed E-state index contributed by atoms with van der Waals surface area (Å²) < 4.78 is 36.6. The molecule has 0 radical (unpaired) electrons. The summed E-state index contributed by atoms with van der Waals surface area (Å²) in [5, 5.41) is 0.0476. The number of methoxy groups -OCH3 is 1. The Labute approximate surface area is 162 Å². The van der Waals surface area contributed by atoms with Crippen molar-refractivity contribution in [2.75, 3.05) is 24.6 Å². The van der Waals surface area contributed by atoms with E-state index in [4.69, 9.17) is 16.3 Å². The Hall–Kier alpha value is -2.58. The van der Waals surface area contributed by atoms with Gasteiger partial charge in [-0.2, -0.15) is 0 Å². The molecule has 0 fully saturated rings. The van der Waals surface area contributed by atoms with E-state index in [9.17, 15) is 18.0 Å². The van der Waals surface area contributed by atoms with Gasteiger partial charge in [-0.05, 0) is 37.3 Å². The molecule has 0 unspecified atom stereocenters. The van der Waals surface area contributed by atoms with Crippen LogP contribution in [0.5, 0.6) is 0 Å². The maximum atomic E-state index is 13.1. The zero-order valence-electron chi connectivity index (χ0n) is 14.7. The standard InChI is InChI=1S/C18H18ClNO6S/c1-3-26-17(21)12-20(27(23,24)14-7-5-4-6-8-14)16-11-13(18(22)25-2)9-10-15(16)19/h4-11H,3,12H2,1-2H3. The molecule has 0 aliphatic rings. The average molecular weight is 412 g/mol. The number of carbonyl (C=O) groups is 2. The van der Waals surface area contributed by atoms with Crippen LogP contribution in [0.1, 0.15) is 17.3 Å². The molecule has 0 aliphatic carbocycles. The van der Waals surface area contributed by atoms with Crippen LogP contribution < -0.4 is 4.31 Å². The highest BCUT2D eigenvalue weighted by atomic mass is 35.5. The van der Waals surface area contributed by atoms with Crippen molar-refractivity contribution in [1.82, 2.24) is 0 Å². The zero-order chi connectivity index (χ0) is 20.0. The average Bonchev–Trinajstić information content (AvgIpc) is 2.67. The highest BCUT2D eigenvalue weighted by molar-refractivity contribution is 7.92. The van der Waals surface area contributed by atoms with Crippen molar-refractivity contribution in [2.45, 2.75) is 11.8 Å². The van der Waals surface area contributed by atoms with Crippen LogP contribution in [0.15, 0.2) is 53.4 Å². The van der Waals surface area contributed by atoms with E-state index in [0.717, 1.165) is 4.31 Å². The highest BCUT2D eigenvalue weighted by Crippen LogP contribution is 2.31. The van der Waals surface area contributed by atoms with Crippen LogP contribution in [0.3, 0.4) is 0 Å². The monoisotopic (exact) mass is 411 g/mol. The summed E-state index contributed by atoms with van der Waals surface area (Å²) in [5.74, 6) is -1.42. The first-order chi connectivity index (χ1) is 12.8. The second-order valence-corrected chi connectivity index (χ2v) is 7.56. The van der Waals surface area contributed by atoms with E-state index in [1.807, 2.05) is 0 Å². The van der Waals surface area contributed by atoms with Gasteiger partial charge < -0.3 is 9.47 Å². The first kappa shape index (κ1) is 20.7. The molecule has 27 heavy (non-hydrogen) atoms. The Kier molecular flexibility index (Phi) is 6.81. The minimum absolute atomic E-state index is 0.0310. The molecule has 0 saturated heterocycles. The van der Waals surface area contributed by atoms with Gasteiger partial charge in [0.25, 0.3) is 10.0 Å². The minimum Gasteiger partial charge on any atom is -0.465 e. The number of halogens is 1. The van der Waals surface area contributed by atoms with Gasteiger partial charge in [-0.1, -0.05) is 29.8 Å². The Morgan fingerprint density at radius 3 is 2.37 bits per heavy atom. The fraction of sp³-hybridized carbons (Fsp3) is 0.222. The molecular weight excluding hydrogens is 394 g/mol. The van der Waals surface area contributed by atoms with Gasteiger partial charge in [0.2, 0.25) is 0 Å². The summed E-state index contributed by atoms with van der Waals surface area (Å²) >= 11 is 6.18. The van der Waals surface area contributed by atoms with Gasteiger partial charge in [-0.25, -0.2) is 13.2 Å². The molecule has 0 N–H and O–H groups in total. The summed E-state index contributed by atoms with van der Waals surface area (Å²) in [6.07, 6.45) is 0. The first-order valence-electron chi connectivity index (χ1n) is 7.92. The second-order valence-electron chi connectivity index (χ2n) is 5.29. The molecule has 2 aromatic rings. The number of carbonyl (C=O) groups excluding carboxylic acids is 2. The number of benzene rings is 2. The van der Waals surface area contributed by atoms with E-state index in [1.165, 1.54) is 37.4 Å². The van der Waals surface area contributed by atoms with E-state index >= 15 is 0 Å². The molecule has 144 valence electrons. The fourth-order valence-electron chi connectivity index (χ4n) is 2.29. The normalized spacial score (nSPS) is 10.9. The Bertz CT molecular complexity index is 930. The lowest BCUT2D eigenvalue weighted by Crippen LogP contribution is -2.37. The van der Waals surface area contributed by atoms with Gasteiger partial charge in [-0.3, -0.25) is 9.10 Å². The zero-order valence-corrected chi connectivity index (χ0v) is 16.3. The van der Waals surface area contributed by atoms with E-state index in [0.29, 0.717) is 0 Å². The molecule has 0 aromatic heterocycles. The van der Waals surface area contributed by atoms with Gasteiger partial charge in [-0.15, -0.1) is 0 Å². The number of sulfonamides is 1. The van der Waals surface area contributed by atoms with Gasteiger partial charge in [0.15, 0.2) is 0 Å². The third-order valence-electron chi connectivity index (χ3n) is 3.55. The predicted molar refractivity (Wildman–Crippen MR) is 100 cm³/mol. The van der Waals surface area contributed by atoms with E-state index in [2.05, 4.69) is 4.74 Å². The largest absolute Gasteiger partial charge is 0.465 e. The molecule has 0 aliphatic heterocycles. The molecule has 9 heteroatoms. The summed E-state index contributed by atoms with van der Waals surface area (Å²) in [5.41, 5.74) is 0.0606. The molecule has 0 saturated carbocycles. The third kappa shape index (κ3) is 4.78. The van der Waals surface area contributed by atoms with Crippen LogP contribution in [0.25, 0.3) is 0 Å². The van der Waals surface area contributed by atoms with Crippen molar-refractivity contribution in [1.29, 1.82) is 0 Å². The van der Waals surface area contributed by atoms with Crippen molar-refractivity contribution >= 4 is 39.3 Å². The number of esters is 2. The van der Waals surface area contributed by atoms with Crippen molar-refractivity contribution in [2.24, 2.45) is 0 Å². The van der Waals surface area contributed by atoms with Crippen LogP contribution >= 0.6 is 11.6 Å². The Morgan fingerprint density at radius 2 is 1.78 bits per heavy atom. The van der Waals surface area contributed by atoms with E-state index in [-0.39, 0.29) is 27.8 Å². The fourth-order valence-corrected chi connectivity index (χ4v) is 4.00. The van der Waals surface area contributed by atoms with Gasteiger partial charge >= 0.3 is 11.9 Å². The number of rotatable bonds is 7. The Balaban J connectivity index is 2.60. The van der Waals surface area contributed by atoms with Crippen LogP contribution in [-0.4, -0.2) is 40.6 Å². The maximum Gasteiger partial charge on any atom is 0.337 e. The van der Waals surface area contributed by atoms with E-state index < -0.39 is 28.5 Å². The summed E-state index contributed by atoms with van der Waals surface area (Å²) in [6, 6.07) is 11.6. The molecule has 0 amide bonds. The molecule has 2 rings (SSSR count). The smallest absolute Gasteiger partial charge is 0.337 e. The van der Waals surface area contributed by atoms with Crippen LogP contribution in [0.2, 0.25) is 5.02 Å². The molecule has 0 atom stereocenters. The summed E-state index contributed by atoms with van der Waals surface area (Å²) in [4.78, 5) is 23.8. The lowest BCUT2D eigenvalue weighted by Gasteiger charge is -2.25. The molecule has 0 heterocycles. The first-order valence-corrected chi connectivity index (χ1v) is 9.74. The van der Waals surface area contributed by atoms with Crippen LogP contribution in [0.4, 0.5) is 5.69 Å². The van der Waals surface area contributed by atoms with E-state index in [1.54, 1.807) is 25.1 Å². The maximum absolute atomic E-state index is 13.1.